The molecule has 340 valence electrons. The number of rotatable bonds is 19. The molecule has 1 aliphatic heterocycles. The molecule has 0 bridgehead atoms. The molecule has 5 heterocycles. The van der Waals surface area contributed by atoms with Crippen molar-refractivity contribution in [2.75, 3.05) is 6.61 Å². The molecule has 0 spiro atoms. The Hall–Kier alpha value is -7.31. The summed E-state index contributed by atoms with van der Waals surface area (Å²) in [6, 6.07) is 33.3. The van der Waals surface area contributed by atoms with Gasteiger partial charge in [0.1, 0.15) is 29.8 Å². The van der Waals surface area contributed by atoms with Crippen molar-refractivity contribution in [3.05, 3.63) is 149 Å². The zero-order chi connectivity index (χ0) is 46.3. The number of amides is 2. The molecule has 8 aromatic rings. The second-order valence-electron chi connectivity index (χ2n) is 15.7. The summed E-state index contributed by atoms with van der Waals surface area (Å²) in [5.74, 6) is 4.45. The van der Waals surface area contributed by atoms with Gasteiger partial charge < -0.3 is 23.3 Å². The van der Waals surface area contributed by atoms with Gasteiger partial charge in [0.2, 0.25) is 11.8 Å². The molecule has 1 aliphatic rings. The number of aryl methyl sites for hydroxylation is 2. The van der Waals surface area contributed by atoms with Crippen LogP contribution in [-0.2, 0) is 54.1 Å². The topological polar surface area (TPSA) is 194 Å². The largest absolute Gasteiger partial charge is 0.486 e. The van der Waals surface area contributed by atoms with E-state index >= 15 is 0 Å². The third-order valence-corrected chi connectivity index (χ3v) is 13.1. The van der Waals surface area contributed by atoms with Crippen LogP contribution in [0.2, 0.25) is 0 Å². The van der Waals surface area contributed by atoms with Crippen LogP contribution in [0, 0.1) is 0 Å². The van der Waals surface area contributed by atoms with Gasteiger partial charge >= 0.3 is 5.97 Å². The molecule has 1 fully saturated rings. The van der Waals surface area contributed by atoms with Crippen LogP contribution in [0.4, 0.5) is 4.79 Å². The van der Waals surface area contributed by atoms with Crippen molar-refractivity contribution in [1.82, 2.24) is 50.0 Å². The summed E-state index contributed by atoms with van der Waals surface area (Å²) in [5, 5.41) is 16.1. The number of hydrogen-bond acceptors (Lipinski definition) is 14. The maximum Gasteiger partial charge on any atom is 0.356 e. The summed E-state index contributed by atoms with van der Waals surface area (Å²) < 4.78 is 21.8. The van der Waals surface area contributed by atoms with Crippen LogP contribution >= 0.6 is 23.5 Å². The van der Waals surface area contributed by atoms with Crippen molar-refractivity contribution in [2.24, 2.45) is 7.05 Å². The van der Waals surface area contributed by atoms with Crippen LogP contribution in [0.5, 0.6) is 17.4 Å². The number of nitrogens with zero attached hydrogens (tertiary/aromatic N) is 8. The van der Waals surface area contributed by atoms with Gasteiger partial charge in [0, 0.05) is 55.4 Å². The van der Waals surface area contributed by atoms with E-state index in [2.05, 4.69) is 62.1 Å². The van der Waals surface area contributed by atoms with Crippen molar-refractivity contribution >= 4 is 51.7 Å². The van der Waals surface area contributed by atoms with Crippen LogP contribution in [0.25, 0.3) is 33.5 Å². The molecule has 67 heavy (non-hydrogen) atoms. The molecule has 0 radical (unpaired) electrons. The van der Waals surface area contributed by atoms with Gasteiger partial charge in [-0.25, -0.2) is 24.8 Å². The fourth-order valence-corrected chi connectivity index (χ4v) is 9.58. The van der Waals surface area contributed by atoms with E-state index in [9.17, 15) is 14.4 Å². The standard InChI is InChI=1S/C49H46N10O6S2/c1-4-8-42-52-39(45(48(61)63-5-2)59(42)26-31-11-16-33(17-12-31)36-9-6-7-10-37(36)46-54-56-57-55-46)29-66-28-32-15-22-44(50-25-32)65-35-20-21-38-40(24-35)58(3)43(51-38)27-64-34-18-13-30(14-19-34)23-41-47(60)53-49(62)67-41/h6-7,9-22,24-25,41H,4-5,8,23,26-29H2,1-3H3,(H,53,60,62)(H,54,55,56,57). The first-order valence-electron chi connectivity index (χ1n) is 21.8. The summed E-state index contributed by atoms with van der Waals surface area (Å²) in [7, 11) is 1.93. The highest BCUT2D eigenvalue weighted by Gasteiger charge is 2.31. The highest BCUT2D eigenvalue weighted by atomic mass is 32.2. The molecule has 2 N–H and O–H groups in total. The van der Waals surface area contributed by atoms with E-state index in [0.29, 0.717) is 65.5 Å². The highest BCUT2D eigenvalue weighted by Crippen LogP contribution is 2.32. The normalized spacial score (nSPS) is 13.6. The van der Waals surface area contributed by atoms with Crippen molar-refractivity contribution in [2.45, 2.75) is 63.0 Å². The Kier molecular flexibility index (Phi) is 13.7. The van der Waals surface area contributed by atoms with E-state index in [1.807, 2.05) is 102 Å². The average Bonchev–Trinajstić information content (AvgIpc) is 4.14. The monoisotopic (exact) mass is 934 g/mol. The van der Waals surface area contributed by atoms with Crippen molar-refractivity contribution in [1.29, 1.82) is 0 Å². The third kappa shape index (κ3) is 10.4. The quantitative estimate of drug-likeness (QED) is 0.0730. The zero-order valence-corrected chi connectivity index (χ0v) is 38.6. The number of carbonyl (C=O) groups is 3. The predicted octanol–water partition coefficient (Wildman–Crippen LogP) is 8.89. The summed E-state index contributed by atoms with van der Waals surface area (Å²) in [6.07, 6.45) is 3.86. The summed E-state index contributed by atoms with van der Waals surface area (Å²) in [6.45, 7) is 4.90. The first kappa shape index (κ1) is 44.9. The third-order valence-electron chi connectivity index (χ3n) is 11.1. The number of pyridine rings is 1. The molecule has 4 aromatic heterocycles. The van der Waals surface area contributed by atoms with Gasteiger partial charge in [0.25, 0.3) is 5.24 Å². The fourth-order valence-electron chi connectivity index (χ4n) is 7.82. The molecule has 16 nitrogen and oxygen atoms in total. The Morgan fingerprint density at radius 1 is 0.851 bits per heavy atom. The van der Waals surface area contributed by atoms with Crippen molar-refractivity contribution in [3.8, 4) is 39.9 Å². The van der Waals surface area contributed by atoms with E-state index < -0.39 is 5.25 Å². The molecule has 2 amide bonds. The van der Waals surface area contributed by atoms with Crippen LogP contribution in [0.1, 0.15) is 64.8 Å². The number of imide groups is 1. The second kappa shape index (κ2) is 20.5. The number of hydrogen-bond donors (Lipinski definition) is 2. The number of esters is 1. The number of benzene rings is 4. The molecular weight excluding hydrogens is 889 g/mol. The first-order valence-corrected chi connectivity index (χ1v) is 23.8. The maximum absolute atomic E-state index is 13.6. The van der Waals surface area contributed by atoms with Crippen LogP contribution in [-0.4, -0.2) is 73.7 Å². The van der Waals surface area contributed by atoms with Gasteiger partial charge in [0.15, 0.2) is 11.5 Å². The molecule has 18 heteroatoms. The summed E-state index contributed by atoms with van der Waals surface area (Å²) >= 11 is 2.67. The number of tetrazole rings is 1. The second-order valence-corrected chi connectivity index (χ2v) is 17.9. The lowest BCUT2D eigenvalue weighted by atomic mass is 9.98. The molecule has 1 unspecified atom stereocenters. The molecule has 4 aromatic carbocycles. The number of fused-ring (bicyclic) bond motifs is 1. The first-order chi connectivity index (χ1) is 32.7. The number of thioether (sulfide) groups is 2. The van der Waals surface area contributed by atoms with E-state index in [4.69, 9.17) is 24.2 Å². The van der Waals surface area contributed by atoms with Crippen LogP contribution < -0.4 is 14.8 Å². The number of ether oxygens (including phenoxy) is 3. The van der Waals surface area contributed by atoms with Gasteiger partial charge in [-0.3, -0.25) is 14.9 Å². The number of nitrogens with one attached hydrogen (secondary N) is 2. The lowest BCUT2D eigenvalue weighted by molar-refractivity contribution is -0.118. The van der Waals surface area contributed by atoms with Crippen molar-refractivity contribution < 1.29 is 28.6 Å². The Labute approximate surface area is 394 Å². The van der Waals surface area contributed by atoms with E-state index in [1.165, 1.54) is 0 Å². The Bertz CT molecular complexity index is 3030. The van der Waals surface area contributed by atoms with Crippen LogP contribution in [0.3, 0.4) is 0 Å². The lowest BCUT2D eigenvalue weighted by Crippen LogP contribution is -2.25. The van der Waals surface area contributed by atoms with Gasteiger partial charge in [-0.2, -0.15) is 11.8 Å². The summed E-state index contributed by atoms with van der Waals surface area (Å²) in [4.78, 5) is 51.4. The number of H-pyrrole nitrogens is 1. The molecule has 1 atom stereocenters. The zero-order valence-electron chi connectivity index (χ0n) is 37.0. The van der Waals surface area contributed by atoms with E-state index in [-0.39, 0.29) is 30.3 Å². The highest BCUT2D eigenvalue weighted by molar-refractivity contribution is 8.15. The lowest BCUT2D eigenvalue weighted by Gasteiger charge is -2.13. The predicted molar refractivity (Wildman–Crippen MR) is 256 cm³/mol. The molecular formula is C49H46N10O6S2. The van der Waals surface area contributed by atoms with Gasteiger partial charge in [-0.1, -0.05) is 85.4 Å². The minimum absolute atomic E-state index is 0.249. The molecule has 9 rings (SSSR count). The minimum atomic E-state index is -0.416. The van der Waals surface area contributed by atoms with Crippen LogP contribution in [0.15, 0.2) is 109 Å². The Morgan fingerprint density at radius 2 is 1.63 bits per heavy atom. The van der Waals surface area contributed by atoms with Gasteiger partial charge in [-0.05, 0) is 82.3 Å². The minimum Gasteiger partial charge on any atom is -0.486 e. The molecule has 1 saturated heterocycles. The van der Waals surface area contributed by atoms with Gasteiger partial charge in [-0.15, -0.1) is 5.10 Å². The van der Waals surface area contributed by atoms with Crippen molar-refractivity contribution in [3.63, 3.8) is 0 Å². The van der Waals surface area contributed by atoms with Gasteiger partial charge in [0.05, 0.1) is 28.6 Å². The Balaban J connectivity index is 0.818. The number of aromatic nitrogens is 9. The Morgan fingerprint density at radius 3 is 2.34 bits per heavy atom. The summed E-state index contributed by atoms with van der Waals surface area (Å²) in [5.41, 5.74) is 8.76. The molecule has 0 aliphatic carbocycles. The number of aromatic amines is 1. The maximum atomic E-state index is 13.6. The number of carbonyl (C=O) groups excluding carboxylic acids is 3. The smallest absolute Gasteiger partial charge is 0.356 e. The molecule has 0 saturated carbocycles. The average molecular weight is 935 g/mol. The van der Waals surface area contributed by atoms with E-state index in [0.717, 1.165) is 74.2 Å². The number of imidazole rings is 2. The fraction of sp³-hybridized carbons (Fsp3) is 0.245. The SMILES string of the molecule is CCCc1nc(CSCc2ccc(Oc3ccc4nc(COc5ccc(CC6SC(=O)NC6=O)cc5)n(C)c4c3)nc2)c(C(=O)OCC)n1Cc1ccc(-c2ccccc2-c2nnn[nH]2)cc1. The van der Waals surface area contributed by atoms with E-state index in [1.54, 1.807) is 18.0 Å².